The highest BCUT2D eigenvalue weighted by atomic mass is 16.5. The molecular formula is C18H32O4. The lowest BCUT2D eigenvalue weighted by molar-refractivity contribution is -0.169. The quantitative estimate of drug-likeness (QED) is 0.680. The van der Waals surface area contributed by atoms with Gasteiger partial charge in [-0.05, 0) is 37.0 Å². The van der Waals surface area contributed by atoms with Crippen LogP contribution in [-0.2, 0) is 14.3 Å². The summed E-state index contributed by atoms with van der Waals surface area (Å²) in [6.45, 7) is 8.46. The van der Waals surface area contributed by atoms with E-state index in [1.54, 1.807) is 0 Å². The summed E-state index contributed by atoms with van der Waals surface area (Å²) in [4.78, 5) is 24.3. The maximum absolute atomic E-state index is 12.9. The molecule has 0 spiro atoms. The van der Waals surface area contributed by atoms with Gasteiger partial charge in [0.1, 0.15) is 0 Å². The van der Waals surface area contributed by atoms with Crippen LogP contribution in [0.4, 0.5) is 0 Å². The zero-order valence-electron chi connectivity index (χ0n) is 14.6. The van der Waals surface area contributed by atoms with Gasteiger partial charge in [0.25, 0.3) is 0 Å². The van der Waals surface area contributed by atoms with E-state index in [-0.39, 0.29) is 30.1 Å². The van der Waals surface area contributed by atoms with Crippen molar-refractivity contribution in [3.05, 3.63) is 0 Å². The van der Waals surface area contributed by atoms with Gasteiger partial charge in [0.05, 0.1) is 18.4 Å². The molecule has 0 aliphatic heterocycles. The fraction of sp³-hybridized carbons (Fsp3) is 0.889. The molecule has 0 bridgehead atoms. The highest BCUT2D eigenvalue weighted by molar-refractivity contribution is 5.83. The lowest BCUT2D eigenvalue weighted by Gasteiger charge is -2.41. The van der Waals surface area contributed by atoms with Crippen LogP contribution < -0.4 is 0 Å². The zero-order chi connectivity index (χ0) is 16.8. The van der Waals surface area contributed by atoms with Gasteiger partial charge in [-0.2, -0.15) is 0 Å². The maximum atomic E-state index is 12.9. The molecule has 0 amide bonds. The molecular weight excluding hydrogens is 280 g/mol. The first-order valence-electron chi connectivity index (χ1n) is 8.67. The van der Waals surface area contributed by atoms with Gasteiger partial charge < -0.3 is 9.84 Å². The van der Waals surface area contributed by atoms with E-state index in [0.717, 1.165) is 25.7 Å². The van der Waals surface area contributed by atoms with Crippen LogP contribution in [-0.4, -0.2) is 23.7 Å². The van der Waals surface area contributed by atoms with Crippen LogP contribution in [0.25, 0.3) is 0 Å². The Balaban J connectivity index is 3.05. The Morgan fingerprint density at radius 2 is 1.68 bits per heavy atom. The summed E-state index contributed by atoms with van der Waals surface area (Å²) in [6.07, 6.45) is 5.73. The monoisotopic (exact) mass is 312 g/mol. The second-order valence-corrected chi connectivity index (χ2v) is 7.65. The van der Waals surface area contributed by atoms with Crippen LogP contribution in [0.2, 0.25) is 0 Å². The van der Waals surface area contributed by atoms with Crippen LogP contribution in [0.15, 0.2) is 0 Å². The van der Waals surface area contributed by atoms with E-state index in [1.165, 1.54) is 6.42 Å². The minimum Gasteiger partial charge on any atom is -0.481 e. The van der Waals surface area contributed by atoms with Crippen LogP contribution in [0, 0.1) is 23.2 Å². The standard InChI is InChI=1S/C18H32O4/c1-13(2)10-18(11-16(19)20,15-8-6-5-7-9-15)17(21)22-12-14(3)4/h13-15H,5-12H2,1-4H3,(H,19,20). The third-order valence-corrected chi connectivity index (χ3v) is 4.58. The lowest BCUT2D eigenvalue weighted by atomic mass is 9.63. The first-order chi connectivity index (χ1) is 10.3. The van der Waals surface area contributed by atoms with Gasteiger partial charge in [-0.25, -0.2) is 0 Å². The zero-order valence-corrected chi connectivity index (χ0v) is 14.6. The number of carbonyl (C=O) groups is 2. The summed E-state index contributed by atoms with van der Waals surface area (Å²) in [5, 5.41) is 9.41. The van der Waals surface area contributed by atoms with Crippen molar-refractivity contribution >= 4 is 11.9 Å². The first kappa shape index (κ1) is 19.0. The second kappa shape index (κ2) is 8.54. The molecule has 1 rings (SSSR count). The molecule has 0 saturated heterocycles. The van der Waals surface area contributed by atoms with Crippen molar-refractivity contribution in [1.29, 1.82) is 0 Å². The van der Waals surface area contributed by atoms with Crippen molar-refractivity contribution in [2.75, 3.05) is 6.61 Å². The van der Waals surface area contributed by atoms with Crippen LogP contribution in [0.1, 0.15) is 72.6 Å². The number of aliphatic carboxylic acids is 1. The molecule has 1 aliphatic carbocycles. The molecule has 0 aromatic carbocycles. The van der Waals surface area contributed by atoms with Crippen molar-refractivity contribution in [2.45, 2.75) is 72.6 Å². The number of ether oxygens (including phenoxy) is 1. The maximum Gasteiger partial charge on any atom is 0.312 e. The van der Waals surface area contributed by atoms with E-state index < -0.39 is 11.4 Å². The van der Waals surface area contributed by atoms with Gasteiger partial charge in [0.15, 0.2) is 0 Å². The van der Waals surface area contributed by atoms with Gasteiger partial charge in [-0.3, -0.25) is 9.59 Å². The van der Waals surface area contributed by atoms with Gasteiger partial charge in [-0.1, -0.05) is 47.0 Å². The summed E-state index contributed by atoms with van der Waals surface area (Å²) >= 11 is 0. The summed E-state index contributed by atoms with van der Waals surface area (Å²) in [5.41, 5.74) is -0.852. The van der Waals surface area contributed by atoms with Gasteiger partial charge >= 0.3 is 11.9 Å². The normalized spacial score (nSPS) is 19.2. The molecule has 1 aliphatic rings. The number of hydrogen-bond acceptors (Lipinski definition) is 3. The SMILES string of the molecule is CC(C)COC(=O)C(CC(=O)O)(CC(C)C)C1CCCCC1. The Morgan fingerprint density at radius 3 is 2.14 bits per heavy atom. The number of hydrogen-bond donors (Lipinski definition) is 1. The Hall–Kier alpha value is -1.06. The van der Waals surface area contributed by atoms with E-state index in [0.29, 0.717) is 13.0 Å². The molecule has 1 N–H and O–H groups in total. The molecule has 1 unspecified atom stereocenters. The van der Waals surface area contributed by atoms with Crippen molar-refractivity contribution < 1.29 is 19.4 Å². The fourth-order valence-electron chi connectivity index (χ4n) is 3.74. The number of carboxylic acid groups (broad SMARTS) is 1. The molecule has 1 fully saturated rings. The van der Waals surface area contributed by atoms with E-state index in [4.69, 9.17) is 4.74 Å². The van der Waals surface area contributed by atoms with Gasteiger partial charge in [0.2, 0.25) is 0 Å². The van der Waals surface area contributed by atoms with E-state index in [1.807, 2.05) is 13.8 Å². The summed E-state index contributed by atoms with van der Waals surface area (Å²) in [6, 6.07) is 0. The van der Waals surface area contributed by atoms with Crippen LogP contribution >= 0.6 is 0 Å². The molecule has 22 heavy (non-hydrogen) atoms. The lowest BCUT2D eigenvalue weighted by Crippen LogP contribution is -2.44. The summed E-state index contributed by atoms with van der Waals surface area (Å²) in [7, 11) is 0. The average Bonchev–Trinajstić information content (AvgIpc) is 2.43. The fourth-order valence-corrected chi connectivity index (χ4v) is 3.74. The molecule has 0 heterocycles. The second-order valence-electron chi connectivity index (χ2n) is 7.65. The molecule has 128 valence electrons. The van der Waals surface area contributed by atoms with Crippen molar-refractivity contribution in [2.24, 2.45) is 23.2 Å². The molecule has 0 aromatic rings. The third kappa shape index (κ3) is 5.29. The summed E-state index contributed by atoms with van der Waals surface area (Å²) in [5.74, 6) is -0.513. The smallest absolute Gasteiger partial charge is 0.312 e. The number of esters is 1. The molecule has 0 aromatic heterocycles. The number of carboxylic acids is 1. The van der Waals surface area contributed by atoms with Gasteiger partial charge in [-0.15, -0.1) is 0 Å². The topological polar surface area (TPSA) is 63.6 Å². The van der Waals surface area contributed by atoms with E-state index >= 15 is 0 Å². The Labute approximate surface area is 134 Å². The predicted octanol–water partition coefficient (Wildman–Crippen LogP) is 4.27. The average molecular weight is 312 g/mol. The Morgan fingerprint density at radius 1 is 1.09 bits per heavy atom. The van der Waals surface area contributed by atoms with E-state index in [2.05, 4.69) is 13.8 Å². The molecule has 1 atom stereocenters. The third-order valence-electron chi connectivity index (χ3n) is 4.58. The van der Waals surface area contributed by atoms with Crippen LogP contribution in [0.5, 0.6) is 0 Å². The molecule has 4 nitrogen and oxygen atoms in total. The number of rotatable bonds is 8. The summed E-state index contributed by atoms with van der Waals surface area (Å²) < 4.78 is 5.52. The highest BCUT2D eigenvalue weighted by Gasteiger charge is 2.48. The van der Waals surface area contributed by atoms with E-state index in [9.17, 15) is 14.7 Å². The number of carbonyl (C=O) groups excluding carboxylic acids is 1. The molecule has 4 heteroatoms. The van der Waals surface area contributed by atoms with Crippen molar-refractivity contribution in [3.8, 4) is 0 Å². The minimum atomic E-state index is -0.896. The predicted molar refractivity (Wildman–Crippen MR) is 86.5 cm³/mol. The van der Waals surface area contributed by atoms with Gasteiger partial charge in [0, 0.05) is 0 Å². The van der Waals surface area contributed by atoms with Crippen LogP contribution in [0.3, 0.4) is 0 Å². The minimum absolute atomic E-state index is 0.104. The van der Waals surface area contributed by atoms with Crippen molar-refractivity contribution in [3.63, 3.8) is 0 Å². The first-order valence-corrected chi connectivity index (χ1v) is 8.67. The van der Waals surface area contributed by atoms with Crippen molar-refractivity contribution in [1.82, 2.24) is 0 Å². The Bertz CT molecular complexity index is 369. The highest BCUT2D eigenvalue weighted by Crippen LogP contribution is 2.46. The molecule has 0 radical (unpaired) electrons. The largest absolute Gasteiger partial charge is 0.481 e. The Kier molecular flexibility index (Phi) is 7.37. The molecule has 1 saturated carbocycles.